The number of hydrogen-bond acceptors (Lipinski definition) is 3. The molecular weight excluding hydrogens is 272 g/mol. The molecule has 0 heterocycles. The Balaban J connectivity index is 2.45. The Labute approximate surface area is 124 Å². The summed E-state index contributed by atoms with van der Waals surface area (Å²) in [5.41, 5.74) is 1.09. The molecule has 0 saturated carbocycles. The molecule has 116 valence electrons. The number of hydrogen-bond donors (Lipinski definition) is 2. The minimum absolute atomic E-state index is 0.153. The normalized spacial score (nSPS) is 10.2. The summed E-state index contributed by atoms with van der Waals surface area (Å²) >= 11 is 0. The van der Waals surface area contributed by atoms with Gasteiger partial charge in [-0.2, -0.15) is 0 Å². The van der Waals surface area contributed by atoms with Gasteiger partial charge in [0.25, 0.3) is 0 Å². The summed E-state index contributed by atoms with van der Waals surface area (Å²) in [7, 11) is 0. The topological polar surface area (TPSA) is 78.9 Å². The highest BCUT2D eigenvalue weighted by Gasteiger charge is 2.10. The third-order valence-corrected chi connectivity index (χ3v) is 3.02. The van der Waals surface area contributed by atoms with Gasteiger partial charge >= 0.3 is 12.0 Å². The van der Waals surface area contributed by atoms with Crippen LogP contribution in [0.3, 0.4) is 0 Å². The lowest BCUT2D eigenvalue weighted by Crippen LogP contribution is -2.41. The van der Waals surface area contributed by atoms with Crippen LogP contribution in [0.15, 0.2) is 24.3 Å². The van der Waals surface area contributed by atoms with Crippen LogP contribution in [0.25, 0.3) is 0 Å². The molecule has 21 heavy (non-hydrogen) atoms. The number of ether oxygens (including phenoxy) is 1. The van der Waals surface area contributed by atoms with Crippen molar-refractivity contribution in [2.24, 2.45) is 0 Å². The summed E-state index contributed by atoms with van der Waals surface area (Å²) < 4.78 is 5.24. The van der Waals surface area contributed by atoms with Gasteiger partial charge in [-0.25, -0.2) is 9.59 Å². The third kappa shape index (κ3) is 5.83. The summed E-state index contributed by atoms with van der Waals surface area (Å²) in [4.78, 5) is 24.4. The van der Waals surface area contributed by atoms with Crippen molar-refractivity contribution in [3.8, 4) is 0 Å². The van der Waals surface area contributed by atoms with Crippen LogP contribution in [-0.4, -0.2) is 48.3 Å². The number of carbonyl (C=O) groups excluding carboxylic acids is 1. The van der Waals surface area contributed by atoms with Gasteiger partial charge in [-0.05, 0) is 31.5 Å². The van der Waals surface area contributed by atoms with Gasteiger partial charge in [-0.15, -0.1) is 0 Å². The lowest BCUT2D eigenvalue weighted by Gasteiger charge is -2.21. The largest absolute Gasteiger partial charge is 0.478 e. The molecule has 2 N–H and O–H groups in total. The number of nitrogens with zero attached hydrogens (tertiary/aromatic N) is 1. The van der Waals surface area contributed by atoms with E-state index in [4.69, 9.17) is 9.84 Å². The van der Waals surface area contributed by atoms with Crippen LogP contribution in [-0.2, 0) is 11.3 Å². The Morgan fingerprint density at radius 3 is 2.43 bits per heavy atom. The van der Waals surface area contributed by atoms with E-state index in [0.717, 1.165) is 5.56 Å². The minimum atomic E-state index is -0.960. The van der Waals surface area contributed by atoms with Crippen molar-refractivity contribution in [3.05, 3.63) is 35.4 Å². The monoisotopic (exact) mass is 294 g/mol. The van der Waals surface area contributed by atoms with E-state index >= 15 is 0 Å². The van der Waals surface area contributed by atoms with Gasteiger partial charge in [0.05, 0.1) is 12.2 Å². The quantitative estimate of drug-likeness (QED) is 0.718. The molecule has 1 aromatic rings. The van der Waals surface area contributed by atoms with Gasteiger partial charge in [-0.3, -0.25) is 0 Å². The van der Waals surface area contributed by atoms with E-state index in [1.54, 1.807) is 17.0 Å². The first kappa shape index (κ1) is 17.0. The van der Waals surface area contributed by atoms with Gasteiger partial charge < -0.3 is 20.1 Å². The maximum Gasteiger partial charge on any atom is 0.335 e. The number of carboxylic acid groups (broad SMARTS) is 1. The molecule has 0 atom stereocenters. The van der Waals surface area contributed by atoms with E-state index in [2.05, 4.69) is 5.32 Å². The zero-order valence-corrected chi connectivity index (χ0v) is 12.5. The number of benzene rings is 1. The zero-order valence-electron chi connectivity index (χ0n) is 12.5. The second-order valence-electron chi connectivity index (χ2n) is 4.44. The summed E-state index contributed by atoms with van der Waals surface area (Å²) in [6.45, 7) is 6.50. The highest BCUT2D eigenvalue weighted by atomic mass is 16.5. The fraction of sp³-hybridized carbons (Fsp3) is 0.467. The van der Waals surface area contributed by atoms with Crippen molar-refractivity contribution in [1.29, 1.82) is 0 Å². The molecular formula is C15H22N2O4. The summed E-state index contributed by atoms with van der Waals surface area (Å²) in [6.07, 6.45) is 0. The SMILES string of the molecule is CCOCCN(CC)C(=O)NCc1ccc(C(=O)O)cc1. The highest BCUT2D eigenvalue weighted by molar-refractivity contribution is 5.87. The number of carbonyl (C=O) groups is 2. The molecule has 0 bridgehead atoms. The van der Waals surface area contributed by atoms with Crippen molar-refractivity contribution < 1.29 is 19.4 Å². The Bertz CT molecular complexity index is 459. The number of amides is 2. The van der Waals surface area contributed by atoms with E-state index in [1.807, 2.05) is 13.8 Å². The molecule has 6 heteroatoms. The van der Waals surface area contributed by atoms with E-state index in [0.29, 0.717) is 32.8 Å². The third-order valence-electron chi connectivity index (χ3n) is 3.02. The van der Waals surface area contributed by atoms with Crippen molar-refractivity contribution >= 4 is 12.0 Å². The van der Waals surface area contributed by atoms with E-state index in [-0.39, 0.29) is 11.6 Å². The molecule has 0 fully saturated rings. The number of carboxylic acids is 1. The first-order valence-electron chi connectivity index (χ1n) is 7.01. The molecule has 0 aliphatic heterocycles. The summed E-state index contributed by atoms with van der Waals surface area (Å²) in [5.74, 6) is -0.960. The van der Waals surface area contributed by atoms with Crippen LogP contribution < -0.4 is 5.32 Å². The van der Waals surface area contributed by atoms with Gasteiger partial charge in [0, 0.05) is 26.2 Å². The van der Waals surface area contributed by atoms with Crippen LogP contribution in [0.2, 0.25) is 0 Å². The molecule has 1 aromatic carbocycles. The first-order valence-corrected chi connectivity index (χ1v) is 7.01. The van der Waals surface area contributed by atoms with Crippen LogP contribution in [0.5, 0.6) is 0 Å². The zero-order chi connectivity index (χ0) is 15.7. The van der Waals surface area contributed by atoms with Crippen LogP contribution in [0.4, 0.5) is 4.79 Å². The fourth-order valence-corrected chi connectivity index (χ4v) is 1.78. The van der Waals surface area contributed by atoms with Gasteiger partial charge in [0.15, 0.2) is 0 Å². The van der Waals surface area contributed by atoms with Crippen molar-refractivity contribution in [3.63, 3.8) is 0 Å². The Hall–Kier alpha value is -2.08. The summed E-state index contributed by atoms with van der Waals surface area (Å²) in [6, 6.07) is 6.28. The lowest BCUT2D eigenvalue weighted by molar-refractivity contribution is 0.0697. The number of nitrogens with one attached hydrogen (secondary N) is 1. The van der Waals surface area contributed by atoms with Crippen molar-refractivity contribution in [2.45, 2.75) is 20.4 Å². The minimum Gasteiger partial charge on any atom is -0.478 e. The van der Waals surface area contributed by atoms with Crippen LogP contribution >= 0.6 is 0 Å². The number of urea groups is 1. The van der Waals surface area contributed by atoms with Crippen LogP contribution in [0.1, 0.15) is 29.8 Å². The Kier molecular flexibility index (Phi) is 7.25. The predicted octanol–water partition coefficient (Wildman–Crippen LogP) is 1.95. The van der Waals surface area contributed by atoms with Crippen molar-refractivity contribution in [2.75, 3.05) is 26.3 Å². The predicted molar refractivity (Wildman–Crippen MR) is 79.4 cm³/mol. The van der Waals surface area contributed by atoms with Gasteiger partial charge in [0.2, 0.25) is 0 Å². The molecule has 0 saturated heterocycles. The molecule has 0 radical (unpaired) electrons. The second kappa shape index (κ2) is 8.97. The second-order valence-corrected chi connectivity index (χ2v) is 4.44. The average molecular weight is 294 g/mol. The van der Waals surface area contributed by atoms with E-state index < -0.39 is 5.97 Å². The maximum atomic E-state index is 12.0. The van der Waals surface area contributed by atoms with E-state index in [1.165, 1.54) is 12.1 Å². The molecule has 0 spiro atoms. The summed E-state index contributed by atoms with van der Waals surface area (Å²) in [5, 5.41) is 11.6. The lowest BCUT2D eigenvalue weighted by atomic mass is 10.1. The maximum absolute atomic E-state index is 12.0. The standard InChI is InChI=1S/C15H22N2O4/c1-3-17(9-10-21-4-2)15(20)16-11-12-5-7-13(8-6-12)14(18)19/h5-8H,3-4,9-11H2,1-2H3,(H,16,20)(H,18,19). The van der Waals surface area contributed by atoms with E-state index in [9.17, 15) is 9.59 Å². The molecule has 2 amide bonds. The fourth-order valence-electron chi connectivity index (χ4n) is 1.78. The molecule has 1 rings (SSSR count). The van der Waals surface area contributed by atoms with Gasteiger partial charge in [0.1, 0.15) is 0 Å². The molecule has 0 aliphatic rings. The highest BCUT2D eigenvalue weighted by Crippen LogP contribution is 2.04. The average Bonchev–Trinajstić information content (AvgIpc) is 2.49. The molecule has 0 unspecified atom stereocenters. The molecule has 0 aliphatic carbocycles. The number of rotatable bonds is 8. The van der Waals surface area contributed by atoms with Crippen LogP contribution in [0, 0.1) is 0 Å². The Morgan fingerprint density at radius 1 is 1.24 bits per heavy atom. The number of aromatic carboxylic acids is 1. The number of likely N-dealkylation sites (N-methyl/N-ethyl adjacent to an activating group) is 1. The van der Waals surface area contributed by atoms with Gasteiger partial charge in [-0.1, -0.05) is 12.1 Å². The molecule has 0 aromatic heterocycles. The smallest absolute Gasteiger partial charge is 0.335 e. The first-order chi connectivity index (χ1) is 10.1. The Morgan fingerprint density at radius 2 is 1.90 bits per heavy atom. The molecule has 6 nitrogen and oxygen atoms in total. The van der Waals surface area contributed by atoms with Crippen molar-refractivity contribution in [1.82, 2.24) is 10.2 Å².